The van der Waals surface area contributed by atoms with Crippen LogP contribution in [0.1, 0.15) is 76.2 Å². The highest BCUT2D eigenvalue weighted by Gasteiger charge is 2.30. The highest BCUT2D eigenvalue weighted by molar-refractivity contribution is 6.30. The van der Waals surface area contributed by atoms with E-state index in [0.29, 0.717) is 0 Å². The quantitative estimate of drug-likeness (QED) is 0.436. The summed E-state index contributed by atoms with van der Waals surface area (Å²) in [5, 5.41) is 0.847. The Balaban J connectivity index is 1.33. The van der Waals surface area contributed by atoms with Gasteiger partial charge in [-0.1, -0.05) is 67.1 Å². The van der Waals surface area contributed by atoms with Crippen molar-refractivity contribution in [1.29, 1.82) is 0 Å². The molecule has 0 saturated heterocycles. The zero-order valence-electron chi connectivity index (χ0n) is 16.0. The molecule has 2 fully saturated rings. The third-order valence-electron chi connectivity index (χ3n) is 7.03. The predicted molar refractivity (Wildman–Crippen MR) is 115 cm³/mol. The molecule has 144 valence electrons. The van der Waals surface area contributed by atoms with Crippen LogP contribution in [-0.4, -0.2) is 0 Å². The summed E-state index contributed by atoms with van der Waals surface area (Å²) in [5.74, 6) is 3.94. The first-order chi connectivity index (χ1) is 12.7. The smallest absolute Gasteiger partial charge is 0.0406 e. The first-order valence-electron chi connectivity index (χ1n) is 10.7. The van der Waals surface area contributed by atoms with Gasteiger partial charge in [-0.05, 0) is 92.7 Å². The second kappa shape index (κ2) is 10.8. The second-order valence-electron chi connectivity index (χ2n) is 8.67. The lowest BCUT2D eigenvalue weighted by molar-refractivity contribution is 0.141. The number of aryl methyl sites for hydroxylation is 1. The van der Waals surface area contributed by atoms with E-state index in [2.05, 4.69) is 18.2 Å². The lowest BCUT2D eigenvalue weighted by atomic mass is 9.68. The monoisotopic (exact) mass is 392 g/mol. The summed E-state index contributed by atoms with van der Waals surface area (Å²) < 4.78 is 0. The van der Waals surface area contributed by atoms with Gasteiger partial charge in [-0.15, -0.1) is 0 Å². The Morgan fingerprint density at radius 3 is 1.85 bits per heavy atom. The molecule has 0 N–H and O–H groups in total. The predicted octanol–water partition coefficient (Wildman–Crippen LogP) is 8.42. The van der Waals surface area contributed by atoms with E-state index >= 15 is 0 Å². The fraction of sp³-hybridized carbons (Fsp3) is 0.667. The summed E-state index contributed by atoms with van der Waals surface area (Å²) in [6, 6.07) is 8.43. The molecule has 0 amide bonds. The van der Waals surface area contributed by atoms with Gasteiger partial charge in [0.15, 0.2) is 0 Å². The van der Waals surface area contributed by atoms with Crippen LogP contribution < -0.4 is 0 Å². The van der Waals surface area contributed by atoms with Crippen LogP contribution in [0.3, 0.4) is 0 Å². The topological polar surface area (TPSA) is 0 Å². The fourth-order valence-corrected chi connectivity index (χ4v) is 5.57. The van der Waals surface area contributed by atoms with Gasteiger partial charge in [-0.3, -0.25) is 0 Å². The number of rotatable bonds is 7. The summed E-state index contributed by atoms with van der Waals surface area (Å²) in [7, 11) is 0. The van der Waals surface area contributed by atoms with Gasteiger partial charge in [0.2, 0.25) is 0 Å². The third kappa shape index (κ3) is 6.31. The number of halogens is 2. The molecule has 0 nitrogen and oxygen atoms in total. The number of benzene rings is 1. The van der Waals surface area contributed by atoms with E-state index in [9.17, 15) is 0 Å². The van der Waals surface area contributed by atoms with Crippen LogP contribution >= 0.6 is 23.2 Å². The highest BCUT2D eigenvalue weighted by Crippen LogP contribution is 2.43. The van der Waals surface area contributed by atoms with Crippen molar-refractivity contribution in [1.82, 2.24) is 0 Å². The number of hydrogen-bond acceptors (Lipinski definition) is 0. The largest absolute Gasteiger partial charge is 0.0933 e. The second-order valence-corrected chi connectivity index (χ2v) is 9.35. The SMILES string of the molecule is ClC=CCCC1CCC(C2CCC(CCc3ccc(Cl)cc3)CC2)CC1. The van der Waals surface area contributed by atoms with Crippen LogP contribution in [0.4, 0.5) is 0 Å². The lowest BCUT2D eigenvalue weighted by Gasteiger charge is -2.38. The van der Waals surface area contributed by atoms with E-state index < -0.39 is 0 Å². The summed E-state index contributed by atoms with van der Waals surface area (Å²) in [5.41, 5.74) is 3.12. The molecule has 0 heterocycles. The van der Waals surface area contributed by atoms with Crippen LogP contribution in [0.15, 0.2) is 35.9 Å². The minimum atomic E-state index is 0.847. The molecule has 0 atom stereocenters. The molecule has 0 aliphatic heterocycles. The van der Waals surface area contributed by atoms with Gasteiger partial charge in [0, 0.05) is 10.6 Å². The van der Waals surface area contributed by atoms with E-state index in [-0.39, 0.29) is 0 Å². The third-order valence-corrected chi connectivity index (χ3v) is 7.46. The van der Waals surface area contributed by atoms with Gasteiger partial charge in [-0.2, -0.15) is 0 Å². The van der Waals surface area contributed by atoms with Crippen LogP contribution in [0.2, 0.25) is 5.02 Å². The zero-order chi connectivity index (χ0) is 18.2. The van der Waals surface area contributed by atoms with Gasteiger partial charge in [0.25, 0.3) is 0 Å². The van der Waals surface area contributed by atoms with Crippen molar-refractivity contribution in [2.45, 2.75) is 77.0 Å². The molecule has 26 heavy (non-hydrogen) atoms. The first kappa shape index (κ1) is 20.3. The van der Waals surface area contributed by atoms with Crippen molar-refractivity contribution in [3.63, 3.8) is 0 Å². The molecule has 2 heteroatoms. The summed E-state index contributed by atoms with van der Waals surface area (Å²) in [6.45, 7) is 0. The van der Waals surface area contributed by atoms with Gasteiger partial charge >= 0.3 is 0 Å². The molecule has 0 radical (unpaired) electrons. The Labute approximate surface area is 170 Å². The summed E-state index contributed by atoms with van der Waals surface area (Å²) >= 11 is 11.6. The minimum Gasteiger partial charge on any atom is -0.0933 e. The Hall–Kier alpha value is -0.460. The number of hydrogen-bond donors (Lipinski definition) is 0. The van der Waals surface area contributed by atoms with E-state index in [1.54, 1.807) is 5.54 Å². The van der Waals surface area contributed by atoms with Crippen molar-refractivity contribution < 1.29 is 0 Å². The van der Waals surface area contributed by atoms with Crippen molar-refractivity contribution in [2.75, 3.05) is 0 Å². The van der Waals surface area contributed by atoms with E-state index in [4.69, 9.17) is 23.2 Å². The van der Waals surface area contributed by atoms with Crippen LogP contribution in [0.5, 0.6) is 0 Å². The molecule has 0 unspecified atom stereocenters. The molecule has 2 saturated carbocycles. The molecule has 1 aromatic rings. The van der Waals surface area contributed by atoms with Gasteiger partial charge in [0.1, 0.15) is 0 Å². The van der Waals surface area contributed by atoms with Crippen molar-refractivity contribution in [3.05, 3.63) is 46.5 Å². The molecule has 1 aromatic carbocycles. The van der Waals surface area contributed by atoms with Crippen molar-refractivity contribution >= 4 is 23.2 Å². The Morgan fingerprint density at radius 2 is 1.31 bits per heavy atom. The highest BCUT2D eigenvalue weighted by atomic mass is 35.5. The lowest BCUT2D eigenvalue weighted by Crippen LogP contribution is -2.26. The minimum absolute atomic E-state index is 0.847. The average molecular weight is 393 g/mol. The van der Waals surface area contributed by atoms with E-state index in [0.717, 1.165) is 35.1 Å². The summed E-state index contributed by atoms with van der Waals surface area (Å²) in [6.07, 6.45) is 18.9. The number of allylic oxidation sites excluding steroid dienone is 1. The molecule has 2 aliphatic rings. The first-order valence-corrected chi connectivity index (χ1v) is 11.6. The van der Waals surface area contributed by atoms with Crippen molar-refractivity contribution in [2.24, 2.45) is 23.7 Å². The molecular formula is C24H34Cl2. The van der Waals surface area contributed by atoms with Crippen LogP contribution in [0, 0.1) is 23.7 Å². The zero-order valence-corrected chi connectivity index (χ0v) is 17.5. The maximum atomic E-state index is 5.98. The molecule has 0 spiro atoms. The Kier molecular flexibility index (Phi) is 8.40. The normalized spacial score (nSPS) is 29.9. The summed E-state index contributed by atoms with van der Waals surface area (Å²) in [4.78, 5) is 0. The van der Waals surface area contributed by atoms with Gasteiger partial charge in [0.05, 0.1) is 0 Å². The van der Waals surface area contributed by atoms with Crippen LogP contribution in [-0.2, 0) is 6.42 Å². The molecule has 0 bridgehead atoms. The standard InChI is InChI=1S/C24H34Cl2/c25-18-2-1-3-19-6-12-22(13-7-19)23-14-8-20(9-15-23)4-5-21-10-16-24(26)17-11-21/h2,10-11,16-20,22-23H,1,3-9,12-15H2. The fourth-order valence-electron chi connectivity index (χ4n) is 5.31. The van der Waals surface area contributed by atoms with Crippen LogP contribution in [0.25, 0.3) is 0 Å². The Morgan fingerprint density at radius 1 is 0.769 bits per heavy atom. The molecule has 3 rings (SSSR count). The molecular weight excluding hydrogens is 359 g/mol. The van der Waals surface area contributed by atoms with Gasteiger partial charge in [-0.25, -0.2) is 0 Å². The van der Waals surface area contributed by atoms with E-state index in [1.165, 1.54) is 76.2 Å². The Bertz CT molecular complexity index is 532. The van der Waals surface area contributed by atoms with Gasteiger partial charge < -0.3 is 0 Å². The maximum absolute atomic E-state index is 5.98. The van der Waals surface area contributed by atoms with E-state index in [1.807, 2.05) is 12.1 Å². The average Bonchev–Trinajstić information content (AvgIpc) is 2.69. The molecule has 2 aliphatic carbocycles. The van der Waals surface area contributed by atoms with Crippen molar-refractivity contribution in [3.8, 4) is 0 Å². The maximum Gasteiger partial charge on any atom is 0.0406 e. The molecule has 0 aromatic heterocycles.